The third-order valence-electron chi connectivity index (χ3n) is 3.44. The van der Waals surface area contributed by atoms with Crippen molar-refractivity contribution in [3.8, 4) is 0 Å². The van der Waals surface area contributed by atoms with Crippen LogP contribution in [0.3, 0.4) is 0 Å². The van der Waals surface area contributed by atoms with Gasteiger partial charge in [0.2, 0.25) is 0 Å². The van der Waals surface area contributed by atoms with Crippen molar-refractivity contribution in [3.05, 3.63) is 30.0 Å². The molecular weight excluding hydrogens is 214 g/mol. The first-order chi connectivity index (χ1) is 8.34. The SMILES string of the molecule is O=C1CCNCC1Cc1cccc2[nH]ncc12. The van der Waals surface area contributed by atoms with Crippen LogP contribution < -0.4 is 5.32 Å². The number of aromatic amines is 1. The van der Waals surface area contributed by atoms with Crippen molar-refractivity contribution >= 4 is 16.7 Å². The minimum Gasteiger partial charge on any atom is -0.316 e. The van der Waals surface area contributed by atoms with Crippen LogP contribution >= 0.6 is 0 Å². The average Bonchev–Trinajstić information content (AvgIpc) is 2.81. The molecule has 0 bridgehead atoms. The molecule has 1 unspecified atom stereocenters. The lowest BCUT2D eigenvalue weighted by molar-refractivity contribution is -0.123. The minimum atomic E-state index is 0.115. The molecule has 1 fully saturated rings. The van der Waals surface area contributed by atoms with Crippen LogP contribution in [0.5, 0.6) is 0 Å². The zero-order valence-electron chi connectivity index (χ0n) is 9.57. The van der Waals surface area contributed by atoms with E-state index in [-0.39, 0.29) is 5.92 Å². The molecule has 1 atom stereocenters. The van der Waals surface area contributed by atoms with E-state index in [1.165, 1.54) is 5.56 Å². The van der Waals surface area contributed by atoms with Gasteiger partial charge in [-0.1, -0.05) is 12.1 Å². The van der Waals surface area contributed by atoms with Gasteiger partial charge in [-0.15, -0.1) is 0 Å². The van der Waals surface area contributed by atoms with Gasteiger partial charge in [0.05, 0.1) is 11.7 Å². The lowest BCUT2D eigenvalue weighted by Gasteiger charge is -2.21. The second-order valence-corrected chi connectivity index (χ2v) is 4.57. The third-order valence-corrected chi connectivity index (χ3v) is 3.44. The maximum atomic E-state index is 11.8. The maximum Gasteiger partial charge on any atom is 0.138 e. The Morgan fingerprint density at radius 3 is 3.24 bits per heavy atom. The fourth-order valence-corrected chi connectivity index (χ4v) is 2.46. The van der Waals surface area contributed by atoms with Gasteiger partial charge >= 0.3 is 0 Å². The number of hydrogen-bond donors (Lipinski definition) is 2. The Labute approximate surface area is 99.4 Å². The Hall–Kier alpha value is -1.68. The van der Waals surface area contributed by atoms with Crippen LogP contribution in [0.4, 0.5) is 0 Å². The first-order valence-electron chi connectivity index (χ1n) is 5.99. The Kier molecular flexibility index (Phi) is 2.65. The van der Waals surface area contributed by atoms with Crippen molar-refractivity contribution in [1.82, 2.24) is 15.5 Å². The van der Waals surface area contributed by atoms with Crippen LogP contribution in [0, 0.1) is 5.92 Å². The molecule has 2 heterocycles. The average molecular weight is 229 g/mol. The van der Waals surface area contributed by atoms with Crippen LogP contribution in [0.25, 0.3) is 10.9 Å². The molecule has 0 amide bonds. The number of nitrogens with one attached hydrogen (secondary N) is 2. The Bertz CT molecular complexity index is 546. The van der Waals surface area contributed by atoms with Crippen molar-refractivity contribution in [2.45, 2.75) is 12.8 Å². The molecule has 1 aliphatic rings. The highest BCUT2D eigenvalue weighted by Gasteiger charge is 2.22. The topological polar surface area (TPSA) is 57.8 Å². The fraction of sp³-hybridized carbons (Fsp3) is 0.385. The van der Waals surface area contributed by atoms with Crippen molar-refractivity contribution in [3.63, 3.8) is 0 Å². The number of hydrogen-bond acceptors (Lipinski definition) is 3. The number of aromatic nitrogens is 2. The van der Waals surface area contributed by atoms with E-state index in [1.54, 1.807) is 0 Å². The molecule has 2 N–H and O–H groups in total. The number of Topliss-reactive ketones (excluding diaryl/α,β-unsaturated/α-hetero) is 1. The lowest BCUT2D eigenvalue weighted by atomic mass is 9.90. The summed E-state index contributed by atoms with van der Waals surface area (Å²) in [6.45, 7) is 1.62. The second-order valence-electron chi connectivity index (χ2n) is 4.57. The van der Waals surface area contributed by atoms with Crippen LogP contribution in [-0.4, -0.2) is 29.1 Å². The zero-order chi connectivity index (χ0) is 11.7. The predicted molar refractivity (Wildman–Crippen MR) is 65.8 cm³/mol. The second kappa shape index (κ2) is 4.30. The largest absolute Gasteiger partial charge is 0.316 e. The van der Waals surface area contributed by atoms with Gasteiger partial charge in [-0.2, -0.15) is 5.10 Å². The van der Waals surface area contributed by atoms with Crippen molar-refractivity contribution in [1.29, 1.82) is 0 Å². The molecule has 1 aromatic carbocycles. The number of piperidine rings is 1. The number of H-pyrrole nitrogens is 1. The van der Waals surface area contributed by atoms with E-state index in [0.717, 1.165) is 30.4 Å². The van der Waals surface area contributed by atoms with Crippen molar-refractivity contribution in [2.75, 3.05) is 13.1 Å². The Morgan fingerprint density at radius 1 is 1.41 bits per heavy atom. The quantitative estimate of drug-likeness (QED) is 0.815. The molecule has 2 aromatic rings. The fourth-order valence-electron chi connectivity index (χ4n) is 2.46. The minimum absolute atomic E-state index is 0.115. The van der Waals surface area contributed by atoms with Gasteiger partial charge < -0.3 is 5.32 Å². The van der Waals surface area contributed by atoms with Crippen molar-refractivity contribution in [2.24, 2.45) is 5.92 Å². The number of ketones is 1. The smallest absolute Gasteiger partial charge is 0.138 e. The van der Waals surface area contributed by atoms with E-state index < -0.39 is 0 Å². The number of nitrogens with zero attached hydrogens (tertiary/aromatic N) is 1. The summed E-state index contributed by atoms with van der Waals surface area (Å²) in [5.74, 6) is 0.494. The predicted octanol–water partition coefficient (Wildman–Crippen LogP) is 1.28. The summed E-state index contributed by atoms with van der Waals surface area (Å²) >= 11 is 0. The molecule has 4 heteroatoms. The number of fused-ring (bicyclic) bond motifs is 1. The Morgan fingerprint density at radius 2 is 2.35 bits per heavy atom. The molecule has 17 heavy (non-hydrogen) atoms. The molecule has 3 rings (SSSR count). The highest BCUT2D eigenvalue weighted by molar-refractivity contribution is 5.85. The highest BCUT2D eigenvalue weighted by Crippen LogP contribution is 2.21. The Balaban J connectivity index is 1.89. The van der Waals surface area contributed by atoms with Crippen LogP contribution in [0.1, 0.15) is 12.0 Å². The van der Waals surface area contributed by atoms with Crippen LogP contribution in [0.2, 0.25) is 0 Å². The molecule has 1 aromatic heterocycles. The molecule has 0 radical (unpaired) electrons. The van der Waals surface area contributed by atoms with Gasteiger partial charge in [-0.25, -0.2) is 0 Å². The van der Waals surface area contributed by atoms with E-state index in [2.05, 4.69) is 21.6 Å². The summed E-state index contributed by atoms with van der Waals surface area (Å²) in [4.78, 5) is 11.8. The van der Waals surface area contributed by atoms with Gasteiger partial charge in [0.15, 0.2) is 0 Å². The standard InChI is InChI=1S/C13H15N3O/c17-13-4-5-14-7-10(13)6-9-2-1-3-12-11(9)8-15-16-12/h1-3,8,10,14H,4-7H2,(H,15,16). The summed E-state index contributed by atoms with van der Waals surface area (Å²) in [5.41, 5.74) is 2.25. The number of carbonyl (C=O) groups is 1. The van der Waals surface area contributed by atoms with Gasteiger partial charge in [0, 0.05) is 30.8 Å². The first kappa shape index (κ1) is 10.5. The molecule has 4 nitrogen and oxygen atoms in total. The number of benzene rings is 1. The summed E-state index contributed by atoms with van der Waals surface area (Å²) in [5, 5.41) is 11.4. The van der Waals surface area contributed by atoms with Gasteiger partial charge in [-0.05, 0) is 18.1 Å². The molecule has 0 aliphatic carbocycles. The summed E-state index contributed by atoms with van der Waals surface area (Å²) in [7, 11) is 0. The summed E-state index contributed by atoms with van der Waals surface area (Å²) in [6, 6.07) is 6.10. The number of carbonyl (C=O) groups excluding carboxylic acids is 1. The van der Waals surface area contributed by atoms with Crippen molar-refractivity contribution < 1.29 is 4.79 Å². The zero-order valence-corrected chi connectivity index (χ0v) is 9.57. The summed E-state index contributed by atoms with van der Waals surface area (Å²) in [6.07, 6.45) is 3.31. The highest BCUT2D eigenvalue weighted by atomic mass is 16.1. The molecule has 1 aliphatic heterocycles. The van der Waals surface area contributed by atoms with Gasteiger partial charge in [-0.3, -0.25) is 9.89 Å². The first-order valence-corrected chi connectivity index (χ1v) is 5.99. The lowest BCUT2D eigenvalue weighted by Crippen LogP contribution is -2.37. The third kappa shape index (κ3) is 1.96. The van der Waals surface area contributed by atoms with E-state index in [4.69, 9.17) is 0 Å². The summed E-state index contributed by atoms with van der Waals surface area (Å²) < 4.78 is 0. The van der Waals surface area contributed by atoms with E-state index in [0.29, 0.717) is 12.2 Å². The van der Waals surface area contributed by atoms with E-state index in [1.807, 2.05) is 18.3 Å². The van der Waals surface area contributed by atoms with E-state index >= 15 is 0 Å². The monoisotopic (exact) mass is 229 g/mol. The maximum absolute atomic E-state index is 11.8. The van der Waals surface area contributed by atoms with Gasteiger partial charge in [0.25, 0.3) is 0 Å². The molecule has 1 saturated heterocycles. The molecule has 0 spiro atoms. The number of rotatable bonds is 2. The molecule has 88 valence electrons. The van der Waals surface area contributed by atoms with Crippen LogP contribution in [0.15, 0.2) is 24.4 Å². The van der Waals surface area contributed by atoms with Crippen LogP contribution in [-0.2, 0) is 11.2 Å². The van der Waals surface area contributed by atoms with Gasteiger partial charge in [0.1, 0.15) is 5.78 Å². The normalized spacial score (nSPS) is 20.9. The van der Waals surface area contributed by atoms with E-state index in [9.17, 15) is 4.79 Å². The molecular formula is C13H15N3O. The molecule has 0 saturated carbocycles.